The lowest BCUT2D eigenvalue weighted by atomic mass is 10.1. The van der Waals surface area contributed by atoms with Crippen molar-refractivity contribution in [2.45, 2.75) is 25.8 Å². The molecule has 21 heavy (non-hydrogen) atoms. The number of carbonyl (C=O) groups is 1. The molecule has 1 aliphatic rings. The van der Waals surface area contributed by atoms with Crippen molar-refractivity contribution >= 4 is 17.3 Å². The molecule has 1 amide bonds. The van der Waals surface area contributed by atoms with Crippen LogP contribution in [-0.2, 0) is 17.8 Å². The van der Waals surface area contributed by atoms with Crippen molar-refractivity contribution in [1.29, 1.82) is 0 Å². The van der Waals surface area contributed by atoms with Gasteiger partial charge in [-0.05, 0) is 36.6 Å². The van der Waals surface area contributed by atoms with Gasteiger partial charge in [-0.15, -0.1) is 0 Å². The van der Waals surface area contributed by atoms with Crippen molar-refractivity contribution in [3.63, 3.8) is 0 Å². The molecule has 0 fully saturated rings. The van der Waals surface area contributed by atoms with Crippen LogP contribution in [0, 0.1) is 0 Å². The predicted octanol–water partition coefficient (Wildman–Crippen LogP) is 2.99. The van der Waals surface area contributed by atoms with E-state index < -0.39 is 0 Å². The summed E-state index contributed by atoms with van der Waals surface area (Å²) in [6, 6.07) is 12.1. The van der Waals surface area contributed by atoms with E-state index in [1.165, 1.54) is 5.56 Å². The molecule has 2 aromatic rings. The van der Waals surface area contributed by atoms with Crippen molar-refractivity contribution in [1.82, 2.24) is 4.98 Å². The molecule has 4 heteroatoms. The number of para-hydroxylation sites is 1. The van der Waals surface area contributed by atoms with Crippen LogP contribution in [0.15, 0.2) is 42.6 Å². The molecule has 4 nitrogen and oxygen atoms in total. The number of carbonyl (C=O) groups excluding carboxylic acids is 1. The standard InChI is InChI=1S/C17H19N3O/c1-18-14-9-10-19-15(11-14)12-20-16-7-3-2-5-13(16)6-4-8-17(20)21/h2-3,5,7,9-11H,4,6,8,12H2,1H3,(H,18,19). The number of anilines is 2. The molecule has 2 heterocycles. The highest BCUT2D eigenvalue weighted by molar-refractivity contribution is 5.94. The molecule has 1 aliphatic heterocycles. The van der Waals surface area contributed by atoms with Gasteiger partial charge in [-0.25, -0.2) is 0 Å². The van der Waals surface area contributed by atoms with Crippen molar-refractivity contribution < 1.29 is 4.79 Å². The predicted molar refractivity (Wildman–Crippen MR) is 84.4 cm³/mol. The number of amides is 1. The zero-order valence-electron chi connectivity index (χ0n) is 12.2. The third-order valence-electron chi connectivity index (χ3n) is 3.85. The number of hydrogen-bond donors (Lipinski definition) is 1. The van der Waals surface area contributed by atoms with E-state index in [2.05, 4.69) is 16.4 Å². The van der Waals surface area contributed by atoms with Crippen LogP contribution in [0.1, 0.15) is 24.1 Å². The van der Waals surface area contributed by atoms with Crippen molar-refractivity contribution in [3.8, 4) is 0 Å². The SMILES string of the molecule is CNc1ccnc(CN2C(=O)CCCc3ccccc32)c1. The molecule has 0 atom stereocenters. The molecule has 1 N–H and O–H groups in total. The van der Waals surface area contributed by atoms with Crippen LogP contribution in [0.3, 0.4) is 0 Å². The number of nitrogens with one attached hydrogen (secondary N) is 1. The van der Waals surface area contributed by atoms with E-state index in [1.807, 2.05) is 42.3 Å². The monoisotopic (exact) mass is 281 g/mol. The van der Waals surface area contributed by atoms with Gasteiger partial charge in [-0.3, -0.25) is 9.78 Å². The van der Waals surface area contributed by atoms with Crippen LogP contribution in [0.5, 0.6) is 0 Å². The smallest absolute Gasteiger partial charge is 0.227 e. The molecule has 0 radical (unpaired) electrons. The van der Waals surface area contributed by atoms with E-state index in [0.29, 0.717) is 13.0 Å². The van der Waals surface area contributed by atoms with Gasteiger partial charge in [0.15, 0.2) is 0 Å². The van der Waals surface area contributed by atoms with Crippen LogP contribution in [-0.4, -0.2) is 17.9 Å². The third-order valence-corrected chi connectivity index (χ3v) is 3.85. The van der Waals surface area contributed by atoms with Crippen molar-refractivity contribution in [2.75, 3.05) is 17.3 Å². The van der Waals surface area contributed by atoms with E-state index >= 15 is 0 Å². The lowest BCUT2D eigenvalue weighted by Crippen LogP contribution is -2.30. The van der Waals surface area contributed by atoms with Crippen LogP contribution >= 0.6 is 0 Å². The van der Waals surface area contributed by atoms with Crippen LogP contribution in [0.25, 0.3) is 0 Å². The molecular weight excluding hydrogens is 262 g/mol. The molecule has 1 aromatic heterocycles. The Hall–Kier alpha value is -2.36. The Labute approximate surface area is 124 Å². The average Bonchev–Trinajstić information content (AvgIpc) is 2.68. The van der Waals surface area contributed by atoms with E-state index in [0.717, 1.165) is 29.9 Å². The summed E-state index contributed by atoms with van der Waals surface area (Å²) in [7, 11) is 1.88. The summed E-state index contributed by atoms with van der Waals surface area (Å²) >= 11 is 0. The number of aryl methyl sites for hydroxylation is 1. The lowest BCUT2D eigenvalue weighted by molar-refractivity contribution is -0.118. The third kappa shape index (κ3) is 2.89. The Morgan fingerprint density at radius 2 is 2.10 bits per heavy atom. The largest absolute Gasteiger partial charge is 0.388 e. The number of nitrogens with zero attached hydrogens (tertiary/aromatic N) is 2. The van der Waals surface area contributed by atoms with E-state index in [1.54, 1.807) is 6.20 Å². The first kappa shape index (κ1) is 13.6. The minimum absolute atomic E-state index is 0.177. The Bertz CT molecular complexity index is 654. The quantitative estimate of drug-likeness (QED) is 0.940. The molecular formula is C17H19N3O. The average molecular weight is 281 g/mol. The second-order valence-electron chi connectivity index (χ2n) is 5.25. The summed E-state index contributed by atoms with van der Waals surface area (Å²) in [6.45, 7) is 0.519. The highest BCUT2D eigenvalue weighted by Gasteiger charge is 2.22. The fraction of sp³-hybridized carbons (Fsp3) is 0.294. The van der Waals surface area contributed by atoms with Crippen molar-refractivity contribution in [3.05, 3.63) is 53.9 Å². The number of benzene rings is 1. The van der Waals surface area contributed by atoms with Gasteiger partial charge in [0.1, 0.15) is 0 Å². The summed E-state index contributed by atoms with van der Waals surface area (Å²) < 4.78 is 0. The van der Waals surface area contributed by atoms with E-state index in [4.69, 9.17) is 0 Å². The van der Waals surface area contributed by atoms with E-state index in [9.17, 15) is 4.79 Å². The van der Waals surface area contributed by atoms with Gasteiger partial charge in [0.05, 0.1) is 12.2 Å². The first-order chi connectivity index (χ1) is 10.3. The maximum atomic E-state index is 12.4. The van der Waals surface area contributed by atoms with Gasteiger partial charge in [0.2, 0.25) is 5.91 Å². The summed E-state index contributed by atoms with van der Waals surface area (Å²) in [4.78, 5) is 18.7. The van der Waals surface area contributed by atoms with Crippen LogP contribution < -0.4 is 10.2 Å². The number of rotatable bonds is 3. The normalized spacial score (nSPS) is 14.5. The molecule has 108 valence electrons. The van der Waals surface area contributed by atoms with Crippen LogP contribution in [0.2, 0.25) is 0 Å². The molecule has 0 unspecified atom stereocenters. The fourth-order valence-corrected chi connectivity index (χ4v) is 2.74. The van der Waals surface area contributed by atoms with Gasteiger partial charge < -0.3 is 10.2 Å². The highest BCUT2D eigenvalue weighted by atomic mass is 16.2. The first-order valence-corrected chi connectivity index (χ1v) is 7.29. The zero-order chi connectivity index (χ0) is 14.7. The molecule has 0 bridgehead atoms. The minimum atomic E-state index is 0.177. The first-order valence-electron chi connectivity index (χ1n) is 7.29. The maximum absolute atomic E-state index is 12.4. The van der Waals surface area contributed by atoms with Gasteiger partial charge in [-0.1, -0.05) is 18.2 Å². The number of pyridine rings is 1. The minimum Gasteiger partial charge on any atom is -0.388 e. The van der Waals surface area contributed by atoms with Crippen LogP contribution in [0.4, 0.5) is 11.4 Å². The van der Waals surface area contributed by atoms with Gasteiger partial charge in [0.25, 0.3) is 0 Å². The summed E-state index contributed by atoms with van der Waals surface area (Å²) in [5.74, 6) is 0.177. The Morgan fingerprint density at radius 3 is 2.95 bits per heavy atom. The lowest BCUT2D eigenvalue weighted by Gasteiger charge is -2.23. The highest BCUT2D eigenvalue weighted by Crippen LogP contribution is 2.28. The maximum Gasteiger partial charge on any atom is 0.227 e. The summed E-state index contributed by atoms with van der Waals surface area (Å²) in [6.07, 6.45) is 4.24. The summed E-state index contributed by atoms with van der Waals surface area (Å²) in [5.41, 5.74) is 4.17. The molecule has 0 spiro atoms. The molecule has 0 saturated carbocycles. The fourth-order valence-electron chi connectivity index (χ4n) is 2.74. The second kappa shape index (κ2) is 5.95. The molecule has 0 saturated heterocycles. The van der Waals surface area contributed by atoms with Gasteiger partial charge >= 0.3 is 0 Å². The van der Waals surface area contributed by atoms with Crippen molar-refractivity contribution in [2.24, 2.45) is 0 Å². The molecule has 1 aromatic carbocycles. The molecule has 3 rings (SSSR count). The number of fused-ring (bicyclic) bond motifs is 1. The Morgan fingerprint density at radius 1 is 1.24 bits per heavy atom. The second-order valence-corrected chi connectivity index (χ2v) is 5.25. The number of hydrogen-bond acceptors (Lipinski definition) is 3. The van der Waals surface area contributed by atoms with Gasteiger partial charge in [0, 0.05) is 31.0 Å². The zero-order valence-corrected chi connectivity index (χ0v) is 12.2. The molecule has 0 aliphatic carbocycles. The van der Waals surface area contributed by atoms with E-state index in [-0.39, 0.29) is 5.91 Å². The Kier molecular flexibility index (Phi) is 3.86. The van der Waals surface area contributed by atoms with Gasteiger partial charge in [-0.2, -0.15) is 0 Å². The Balaban J connectivity index is 1.93. The number of aromatic nitrogens is 1. The summed E-state index contributed by atoms with van der Waals surface area (Å²) in [5, 5.41) is 3.10. The topological polar surface area (TPSA) is 45.2 Å².